The quantitative estimate of drug-likeness (QED) is 0.712. The molecule has 0 aliphatic carbocycles. The highest BCUT2D eigenvalue weighted by Gasteiger charge is 2.31. The summed E-state index contributed by atoms with van der Waals surface area (Å²) in [5.41, 5.74) is 0.214. The van der Waals surface area contributed by atoms with Crippen molar-refractivity contribution in [3.05, 3.63) is 18.0 Å². The van der Waals surface area contributed by atoms with Crippen LogP contribution < -0.4 is 0 Å². The van der Waals surface area contributed by atoms with Gasteiger partial charge in [0.15, 0.2) is 5.69 Å². The van der Waals surface area contributed by atoms with E-state index in [0.717, 1.165) is 0 Å². The van der Waals surface area contributed by atoms with Crippen LogP contribution in [0.15, 0.2) is 16.9 Å². The number of hydrogen-bond acceptors (Lipinski definition) is 5. The van der Waals surface area contributed by atoms with Crippen molar-refractivity contribution in [3.8, 4) is 0 Å². The second-order valence-electron chi connectivity index (χ2n) is 3.68. The Morgan fingerprint density at radius 2 is 2.47 bits per heavy atom. The molecule has 2 amide bonds. The largest absolute Gasteiger partial charge is 0.383 e. The number of rotatable bonds is 4. The van der Waals surface area contributed by atoms with Crippen LogP contribution in [0.25, 0.3) is 0 Å². The van der Waals surface area contributed by atoms with E-state index in [0.29, 0.717) is 13.2 Å². The Labute approximate surface area is 97.9 Å². The molecule has 7 heteroatoms. The van der Waals surface area contributed by atoms with Gasteiger partial charge in [0, 0.05) is 19.7 Å². The van der Waals surface area contributed by atoms with Crippen molar-refractivity contribution in [1.29, 1.82) is 0 Å². The van der Waals surface area contributed by atoms with Crippen molar-refractivity contribution in [3.63, 3.8) is 0 Å². The highest BCUT2D eigenvalue weighted by atomic mass is 16.5. The Morgan fingerprint density at radius 1 is 1.65 bits per heavy atom. The predicted molar refractivity (Wildman–Crippen MR) is 56.0 cm³/mol. The fourth-order valence-corrected chi connectivity index (χ4v) is 1.62. The molecule has 0 spiro atoms. The van der Waals surface area contributed by atoms with Crippen LogP contribution in [0.1, 0.15) is 10.5 Å². The van der Waals surface area contributed by atoms with Gasteiger partial charge in [0.2, 0.25) is 5.91 Å². The van der Waals surface area contributed by atoms with Gasteiger partial charge in [-0.25, -0.2) is 0 Å². The summed E-state index contributed by atoms with van der Waals surface area (Å²) < 4.78 is 9.49. The van der Waals surface area contributed by atoms with Crippen LogP contribution in [-0.4, -0.2) is 60.2 Å². The highest BCUT2D eigenvalue weighted by Crippen LogP contribution is 2.10. The van der Waals surface area contributed by atoms with Crippen molar-refractivity contribution in [2.45, 2.75) is 0 Å². The first kappa shape index (κ1) is 11.6. The van der Waals surface area contributed by atoms with E-state index >= 15 is 0 Å². The topological polar surface area (TPSA) is 75.9 Å². The van der Waals surface area contributed by atoms with Crippen molar-refractivity contribution in [2.75, 3.05) is 33.5 Å². The average Bonchev–Trinajstić information content (AvgIpc) is 2.95. The Hall–Kier alpha value is -1.89. The monoisotopic (exact) mass is 239 g/mol. The zero-order chi connectivity index (χ0) is 12.3. The Bertz CT molecular complexity index is 404. The number of carbonyl (C=O) groups is 2. The SMILES string of the molecule is COCCN1CN(C(=O)c2ccon2)CC1=O. The molecule has 1 aliphatic rings. The van der Waals surface area contributed by atoms with Crippen molar-refractivity contribution >= 4 is 11.8 Å². The molecule has 92 valence electrons. The summed E-state index contributed by atoms with van der Waals surface area (Å²) in [6.45, 7) is 1.29. The molecule has 1 aromatic heterocycles. The van der Waals surface area contributed by atoms with E-state index in [1.54, 1.807) is 12.0 Å². The lowest BCUT2D eigenvalue weighted by molar-refractivity contribution is -0.127. The number of carbonyl (C=O) groups excluding carboxylic acids is 2. The molecule has 17 heavy (non-hydrogen) atoms. The Morgan fingerprint density at radius 3 is 3.12 bits per heavy atom. The molecule has 0 saturated carbocycles. The summed E-state index contributed by atoms with van der Waals surface area (Å²) in [5.74, 6) is -0.383. The van der Waals surface area contributed by atoms with E-state index in [2.05, 4.69) is 9.68 Å². The van der Waals surface area contributed by atoms with E-state index in [1.165, 1.54) is 17.2 Å². The van der Waals surface area contributed by atoms with Crippen molar-refractivity contribution in [2.24, 2.45) is 0 Å². The molecule has 0 aromatic carbocycles. The van der Waals surface area contributed by atoms with Gasteiger partial charge in [0.05, 0.1) is 13.3 Å². The van der Waals surface area contributed by atoms with Crippen LogP contribution in [0.3, 0.4) is 0 Å². The highest BCUT2D eigenvalue weighted by molar-refractivity contribution is 5.96. The fourth-order valence-electron chi connectivity index (χ4n) is 1.62. The third-order valence-corrected chi connectivity index (χ3v) is 2.53. The lowest BCUT2D eigenvalue weighted by Gasteiger charge is -2.16. The smallest absolute Gasteiger partial charge is 0.277 e. The molecule has 1 saturated heterocycles. The van der Waals surface area contributed by atoms with Gasteiger partial charge in [-0.15, -0.1) is 0 Å². The molecule has 0 unspecified atom stereocenters. The third-order valence-electron chi connectivity index (χ3n) is 2.53. The van der Waals surface area contributed by atoms with Gasteiger partial charge in [0.25, 0.3) is 5.91 Å². The van der Waals surface area contributed by atoms with Crippen LogP contribution in [0.4, 0.5) is 0 Å². The first-order chi connectivity index (χ1) is 8.22. The molecule has 2 rings (SSSR count). The second kappa shape index (κ2) is 4.96. The fraction of sp³-hybridized carbons (Fsp3) is 0.500. The number of methoxy groups -OCH3 is 1. The number of nitrogens with zero attached hydrogens (tertiary/aromatic N) is 3. The molecule has 0 atom stereocenters. The Kier molecular flexibility index (Phi) is 3.38. The summed E-state index contributed by atoms with van der Waals surface area (Å²) in [6.07, 6.45) is 1.33. The van der Waals surface area contributed by atoms with Crippen LogP contribution in [-0.2, 0) is 9.53 Å². The first-order valence-corrected chi connectivity index (χ1v) is 5.18. The van der Waals surface area contributed by atoms with Crippen LogP contribution in [0.5, 0.6) is 0 Å². The predicted octanol–water partition coefficient (Wildman–Crippen LogP) is -0.437. The van der Waals surface area contributed by atoms with E-state index in [-0.39, 0.29) is 30.7 Å². The molecule has 0 bridgehead atoms. The van der Waals surface area contributed by atoms with Gasteiger partial charge >= 0.3 is 0 Å². The zero-order valence-corrected chi connectivity index (χ0v) is 9.46. The minimum atomic E-state index is -0.299. The number of amides is 2. The molecular weight excluding hydrogens is 226 g/mol. The summed E-state index contributed by atoms with van der Waals surface area (Å²) in [7, 11) is 1.57. The maximum Gasteiger partial charge on any atom is 0.277 e. The maximum absolute atomic E-state index is 11.9. The molecule has 2 heterocycles. The second-order valence-corrected chi connectivity index (χ2v) is 3.68. The summed E-state index contributed by atoms with van der Waals surface area (Å²) in [4.78, 5) is 26.5. The van der Waals surface area contributed by atoms with E-state index in [4.69, 9.17) is 4.74 Å². The van der Waals surface area contributed by atoms with Crippen molar-refractivity contribution < 1.29 is 18.8 Å². The van der Waals surface area contributed by atoms with Gasteiger partial charge < -0.3 is 19.1 Å². The van der Waals surface area contributed by atoms with Gasteiger partial charge in [-0.2, -0.15) is 0 Å². The molecule has 1 fully saturated rings. The van der Waals surface area contributed by atoms with Crippen LogP contribution in [0, 0.1) is 0 Å². The van der Waals surface area contributed by atoms with E-state index < -0.39 is 0 Å². The van der Waals surface area contributed by atoms with E-state index in [9.17, 15) is 9.59 Å². The third kappa shape index (κ3) is 2.44. The minimum absolute atomic E-state index is 0.0788. The molecule has 0 radical (unpaired) electrons. The van der Waals surface area contributed by atoms with Crippen LogP contribution >= 0.6 is 0 Å². The maximum atomic E-state index is 11.9. The summed E-state index contributed by atoms with van der Waals surface area (Å²) in [5, 5.41) is 3.55. The number of aromatic nitrogens is 1. The standard InChI is InChI=1S/C10H13N3O4/c1-16-5-3-12-7-13(6-9(12)14)10(15)8-2-4-17-11-8/h2,4H,3,5-7H2,1H3. The molecule has 0 N–H and O–H groups in total. The molecule has 1 aromatic rings. The Balaban J connectivity index is 1.96. The first-order valence-electron chi connectivity index (χ1n) is 5.18. The lowest BCUT2D eigenvalue weighted by atomic mass is 10.4. The van der Waals surface area contributed by atoms with Crippen molar-refractivity contribution in [1.82, 2.24) is 15.0 Å². The molecule has 7 nitrogen and oxygen atoms in total. The minimum Gasteiger partial charge on any atom is -0.383 e. The number of ether oxygens (including phenoxy) is 1. The van der Waals surface area contributed by atoms with Gasteiger partial charge in [0.1, 0.15) is 12.8 Å². The molecule has 1 aliphatic heterocycles. The van der Waals surface area contributed by atoms with Gasteiger partial charge in [-0.1, -0.05) is 5.16 Å². The summed E-state index contributed by atoms with van der Waals surface area (Å²) >= 11 is 0. The lowest BCUT2D eigenvalue weighted by Crippen LogP contribution is -2.32. The van der Waals surface area contributed by atoms with E-state index in [1.807, 2.05) is 0 Å². The van der Waals surface area contributed by atoms with Crippen LogP contribution in [0.2, 0.25) is 0 Å². The zero-order valence-electron chi connectivity index (χ0n) is 9.46. The molecular formula is C10H13N3O4. The van der Waals surface area contributed by atoms with Gasteiger partial charge in [-0.05, 0) is 0 Å². The number of hydrogen-bond donors (Lipinski definition) is 0. The normalized spacial score (nSPS) is 15.7. The van der Waals surface area contributed by atoms with Gasteiger partial charge in [-0.3, -0.25) is 9.59 Å². The average molecular weight is 239 g/mol. The summed E-state index contributed by atoms with van der Waals surface area (Å²) in [6, 6.07) is 1.48.